The summed E-state index contributed by atoms with van der Waals surface area (Å²) >= 11 is 0. The first-order valence-corrected chi connectivity index (χ1v) is 8.85. The standard InChI is InChI=1S/C19H23F2N3O/c1-2-3-7-23-9-6-22-18(23)14-5-4-8-24(13-14)19(25)15-10-16(20)12-17(21)11-15/h6,9-12,14H,2-5,7-8,13H2,1H3/t14-/m1/s1. The van der Waals surface area contributed by atoms with Crippen molar-refractivity contribution in [1.82, 2.24) is 14.5 Å². The van der Waals surface area contributed by atoms with E-state index in [1.165, 1.54) is 0 Å². The van der Waals surface area contributed by atoms with Gasteiger partial charge in [0.05, 0.1) is 0 Å². The lowest BCUT2D eigenvalue weighted by Gasteiger charge is -2.32. The molecule has 0 spiro atoms. The third-order valence-corrected chi connectivity index (χ3v) is 4.68. The van der Waals surface area contributed by atoms with E-state index in [-0.39, 0.29) is 17.4 Å². The minimum absolute atomic E-state index is 0.0625. The van der Waals surface area contributed by atoms with Crippen molar-refractivity contribution >= 4 is 5.91 Å². The molecular weight excluding hydrogens is 324 g/mol. The van der Waals surface area contributed by atoms with Gasteiger partial charge in [0, 0.05) is 49.6 Å². The highest BCUT2D eigenvalue weighted by molar-refractivity contribution is 5.94. The van der Waals surface area contributed by atoms with Gasteiger partial charge in [-0.05, 0) is 31.4 Å². The number of benzene rings is 1. The van der Waals surface area contributed by atoms with Crippen molar-refractivity contribution in [2.24, 2.45) is 0 Å². The van der Waals surface area contributed by atoms with Crippen molar-refractivity contribution in [2.75, 3.05) is 13.1 Å². The van der Waals surface area contributed by atoms with Crippen LogP contribution in [-0.4, -0.2) is 33.4 Å². The number of hydrogen-bond acceptors (Lipinski definition) is 2. The first kappa shape index (κ1) is 17.6. The Bertz CT molecular complexity index is 724. The summed E-state index contributed by atoms with van der Waals surface area (Å²) in [4.78, 5) is 18.8. The Morgan fingerprint density at radius 3 is 2.76 bits per heavy atom. The maximum absolute atomic E-state index is 13.4. The molecule has 1 atom stereocenters. The van der Waals surface area contributed by atoms with E-state index in [1.54, 1.807) is 11.1 Å². The zero-order valence-corrected chi connectivity index (χ0v) is 14.4. The van der Waals surface area contributed by atoms with E-state index in [0.717, 1.165) is 56.3 Å². The number of carbonyl (C=O) groups excluding carboxylic acids is 1. The second-order valence-corrected chi connectivity index (χ2v) is 6.58. The Kier molecular flexibility index (Phi) is 5.46. The van der Waals surface area contributed by atoms with Crippen LogP contribution in [0.1, 0.15) is 54.7 Å². The molecule has 0 bridgehead atoms. The highest BCUT2D eigenvalue weighted by atomic mass is 19.1. The number of aryl methyl sites for hydroxylation is 1. The van der Waals surface area contributed by atoms with Gasteiger partial charge >= 0.3 is 0 Å². The number of nitrogens with zero attached hydrogens (tertiary/aromatic N) is 3. The molecule has 6 heteroatoms. The maximum atomic E-state index is 13.4. The largest absolute Gasteiger partial charge is 0.338 e. The molecule has 25 heavy (non-hydrogen) atoms. The van der Waals surface area contributed by atoms with Gasteiger partial charge in [0.15, 0.2) is 0 Å². The summed E-state index contributed by atoms with van der Waals surface area (Å²) in [6.07, 6.45) is 7.79. The summed E-state index contributed by atoms with van der Waals surface area (Å²) in [5.41, 5.74) is 0.0625. The number of halogens is 2. The predicted molar refractivity (Wildman–Crippen MR) is 91.4 cm³/mol. The third-order valence-electron chi connectivity index (χ3n) is 4.68. The van der Waals surface area contributed by atoms with Crippen LogP contribution in [-0.2, 0) is 6.54 Å². The van der Waals surface area contributed by atoms with Crippen molar-refractivity contribution in [2.45, 2.75) is 45.1 Å². The summed E-state index contributed by atoms with van der Waals surface area (Å²) in [5, 5.41) is 0. The molecule has 4 nitrogen and oxygen atoms in total. The fraction of sp³-hybridized carbons (Fsp3) is 0.474. The van der Waals surface area contributed by atoms with Crippen LogP contribution in [0.25, 0.3) is 0 Å². The molecule has 0 saturated carbocycles. The number of piperidine rings is 1. The Hall–Kier alpha value is -2.24. The van der Waals surface area contributed by atoms with Gasteiger partial charge in [-0.1, -0.05) is 13.3 Å². The Labute approximate surface area is 146 Å². The van der Waals surface area contributed by atoms with Gasteiger partial charge < -0.3 is 9.47 Å². The Morgan fingerprint density at radius 2 is 2.04 bits per heavy atom. The number of amides is 1. The van der Waals surface area contributed by atoms with Gasteiger partial charge in [-0.3, -0.25) is 4.79 Å². The molecule has 1 aliphatic heterocycles. The highest BCUT2D eigenvalue weighted by Gasteiger charge is 2.28. The summed E-state index contributed by atoms with van der Waals surface area (Å²) < 4.78 is 29.0. The van der Waals surface area contributed by atoms with Gasteiger partial charge in [0.1, 0.15) is 17.5 Å². The predicted octanol–water partition coefficient (Wildman–Crippen LogP) is 3.98. The van der Waals surface area contributed by atoms with Crippen LogP contribution in [0.15, 0.2) is 30.6 Å². The number of likely N-dealkylation sites (tertiary alicyclic amines) is 1. The number of aromatic nitrogens is 2. The molecule has 1 aromatic carbocycles. The molecule has 0 unspecified atom stereocenters. The van der Waals surface area contributed by atoms with Crippen LogP contribution in [0.3, 0.4) is 0 Å². The normalized spacial score (nSPS) is 17.7. The van der Waals surface area contributed by atoms with Gasteiger partial charge in [0.2, 0.25) is 0 Å². The molecule has 1 amide bonds. The van der Waals surface area contributed by atoms with Crippen molar-refractivity contribution in [3.05, 3.63) is 53.6 Å². The topological polar surface area (TPSA) is 38.1 Å². The fourth-order valence-electron chi connectivity index (χ4n) is 3.43. The second-order valence-electron chi connectivity index (χ2n) is 6.58. The molecule has 0 radical (unpaired) electrons. The molecule has 1 aliphatic rings. The first-order chi connectivity index (χ1) is 12.1. The van der Waals surface area contributed by atoms with Crippen LogP contribution in [0, 0.1) is 11.6 Å². The van der Waals surface area contributed by atoms with Gasteiger partial charge in [0.25, 0.3) is 5.91 Å². The Morgan fingerprint density at radius 1 is 1.28 bits per heavy atom. The van der Waals surface area contributed by atoms with Crippen LogP contribution >= 0.6 is 0 Å². The minimum Gasteiger partial charge on any atom is -0.338 e. The zero-order valence-electron chi connectivity index (χ0n) is 14.4. The summed E-state index contributed by atoms with van der Waals surface area (Å²) in [7, 11) is 0. The van der Waals surface area contributed by atoms with E-state index in [4.69, 9.17) is 0 Å². The molecule has 1 aromatic heterocycles. The van der Waals surface area contributed by atoms with Crippen LogP contribution in [0.5, 0.6) is 0 Å². The molecule has 0 aliphatic carbocycles. The van der Waals surface area contributed by atoms with Gasteiger partial charge in [-0.15, -0.1) is 0 Å². The smallest absolute Gasteiger partial charge is 0.254 e. The van der Waals surface area contributed by atoms with E-state index in [1.807, 2.05) is 6.20 Å². The van der Waals surface area contributed by atoms with Gasteiger partial charge in [-0.25, -0.2) is 13.8 Å². The number of imidazole rings is 1. The van der Waals surface area contributed by atoms with Crippen molar-refractivity contribution in [3.8, 4) is 0 Å². The highest BCUT2D eigenvalue weighted by Crippen LogP contribution is 2.27. The van der Waals surface area contributed by atoms with Crippen LogP contribution in [0.2, 0.25) is 0 Å². The van der Waals surface area contributed by atoms with Gasteiger partial charge in [-0.2, -0.15) is 0 Å². The first-order valence-electron chi connectivity index (χ1n) is 8.85. The second kappa shape index (κ2) is 7.76. The minimum atomic E-state index is -0.730. The Balaban J connectivity index is 1.75. The van der Waals surface area contributed by atoms with Crippen LogP contribution < -0.4 is 0 Å². The van der Waals surface area contributed by atoms with E-state index in [2.05, 4.69) is 16.5 Å². The lowest BCUT2D eigenvalue weighted by Crippen LogP contribution is -2.39. The number of rotatable bonds is 5. The molecule has 2 aromatic rings. The quantitative estimate of drug-likeness (QED) is 0.820. The van der Waals surface area contributed by atoms with E-state index < -0.39 is 11.6 Å². The molecule has 0 N–H and O–H groups in total. The van der Waals surface area contributed by atoms with Crippen molar-refractivity contribution in [1.29, 1.82) is 0 Å². The lowest BCUT2D eigenvalue weighted by atomic mass is 9.96. The SMILES string of the molecule is CCCCn1ccnc1[C@@H]1CCCN(C(=O)c2cc(F)cc(F)c2)C1. The molecule has 1 fully saturated rings. The lowest BCUT2D eigenvalue weighted by molar-refractivity contribution is 0.0702. The van der Waals surface area contributed by atoms with Crippen molar-refractivity contribution in [3.63, 3.8) is 0 Å². The number of carbonyl (C=O) groups is 1. The van der Waals surface area contributed by atoms with E-state index >= 15 is 0 Å². The third kappa shape index (κ3) is 4.06. The number of unbranched alkanes of at least 4 members (excludes halogenated alkanes) is 1. The summed E-state index contributed by atoms with van der Waals surface area (Å²) in [6, 6.07) is 2.97. The molecular formula is C19H23F2N3O. The molecule has 3 rings (SSSR count). The summed E-state index contributed by atoms with van der Waals surface area (Å²) in [6.45, 7) is 4.20. The van der Waals surface area contributed by atoms with Crippen LogP contribution in [0.4, 0.5) is 8.78 Å². The average molecular weight is 347 g/mol. The van der Waals surface area contributed by atoms with Crippen molar-refractivity contribution < 1.29 is 13.6 Å². The van der Waals surface area contributed by atoms with E-state index in [9.17, 15) is 13.6 Å². The molecule has 2 heterocycles. The summed E-state index contributed by atoms with van der Waals surface area (Å²) in [5.74, 6) is -0.631. The molecule has 134 valence electrons. The molecule has 1 saturated heterocycles. The zero-order chi connectivity index (χ0) is 17.8. The fourth-order valence-corrected chi connectivity index (χ4v) is 3.43. The average Bonchev–Trinajstić information content (AvgIpc) is 3.07. The number of hydrogen-bond donors (Lipinski definition) is 0. The monoisotopic (exact) mass is 347 g/mol. The maximum Gasteiger partial charge on any atom is 0.254 e. The van der Waals surface area contributed by atoms with E-state index in [0.29, 0.717) is 13.1 Å².